The summed E-state index contributed by atoms with van der Waals surface area (Å²) in [5.74, 6) is 0.652. The van der Waals surface area contributed by atoms with E-state index in [1.165, 1.54) is 24.3 Å². The van der Waals surface area contributed by atoms with Crippen molar-refractivity contribution in [2.45, 2.75) is 6.92 Å². The molecule has 0 bridgehead atoms. The van der Waals surface area contributed by atoms with Gasteiger partial charge in [-0.1, -0.05) is 12.1 Å². The van der Waals surface area contributed by atoms with Gasteiger partial charge in [-0.05, 0) is 60.5 Å². The molecule has 29 heavy (non-hydrogen) atoms. The normalized spacial score (nSPS) is 13.6. The molecule has 0 fully saturated rings. The average molecular weight is 389 g/mol. The molecule has 3 heterocycles. The second kappa shape index (κ2) is 6.77. The lowest BCUT2D eigenvalue weighted by atomic mass is 9.99. The topological polar surface area (TPSA) is 54.6 Å². The monoisotopic (exact) mass is 389 g/mol. The van der Waals surface area contributed by atoms with Crippen LogP contribution in [0.1, 0.15) is 11.3 Å². The average Bonchev–Trinajstić information content (AvgIpc) is 3.40. The van der Waals surface area contributed by atoms with E-state index >= 15 is 0 Å². The first kappa shape index (κ1) is 17.5. The highest BCUT2D eigenvalue weighted by Crippen LogP contribution is 2.30. The predicted octanol–water partition coefficient (Wildman–Crippen LogP) is 4.00. The summed E-state index contributed by atoms with van der Waals surface area (Å²) in [6.45, 7) is 3.37. The Morgan fingerprint density at radius 1 is 0.931 bits per heavy atom. The molecule has 2 aromatic carbocycles. The number of benzene rings is 2. The van der Waals surface area contributed by atoms with E-state index in [9.17, 15) is 8.78 Å². The Balaban J connectivity index is 1.78. The molecule has 144 valence electrons. The van der Waals surface area contributed by atoms with Crippen LogP contribution in [-0.2, 0) is 0 Å². The van der Waals surface area contributed by atoms with Gasteiger partial charge in [0.25, 0.3) is 0 Å². The fourth-order valence-electron chi connectivity index (χ4n) is 3.56. The minimum atomic E-state index is -0.308. The van der Waals surface area contributed by atoms with E-state index in [1.807, 2.05) is 13.0 Å². The van der Waals surface area contributed by atoms with Gasteiger partial charge in [0, 0.05) is 17.8 Å². The number of nitrogens with one attached hydrogen (secondary N) is 1. The summed E-state index contributed by atoms with van der Waals surface area (Å²) < 4.78 is 28.5. The third kappa shape index (κ3) is 3.04. The summed E-state index contributed by atoms with van der Waals surface area (Å²) in [4.78, 5) is 9.34. The zero-order valence-electron chi connectivity index (χ0n) is 15.7. The molecule has 0 aliphatic carbocycles. The highest BCUT2D eigenvalue weighted by molar-refractivity contribution is 6.10. The Hall–Kier alpha value is -3.61. The standard InChI is InChI=1S/C22H17F2N5/c1-13-12-18(14-2-6-16(23)7-3-14)19(21-25-10-11-26-21)22-27-20(28-29(13)22)15-4-8-17(24)9-5-15/h2-9,12H,10-11H2,1H3,(H,25,26). The lowest BCUT2D eigenvalue weighted by molar-refractivity contribution is 0.627. The van der Waals surface area contributed by atoms with Crippen LogP contribution in [0, 0.1) is 18.6 Å². The SMILES string of the molecule is Cc1cc(-c2ccc(F)cc2)c(C2=NCCN2)c2nc(-c3ccc(F)cc3)nn12. The van der Waals surface area contributed by atoms with Gasteiger partial charge in [-0.15, -0.1) is 5.10 Å². The fourth-order valence-corrected chi connectivity index (χ4v) is 3.56. The number of hydrogen-bond donors (Lipinski definition) is 1. The highest BCUT2D eigenvalue weighted by atomic mass is 19.1. The van der Waals surface area contributed by atoms with Crippen LogP contribution in [0.15, 0.2) is 59.6 Å². The zero-order chi connectivity index (χ0) is 20.0. The second-order valence-corrected chi connectivity index (χ2v) is 6.92. The van der Waals surface area contributed by atoms with Crippen LogP contribution in [0.25, 0.3) is 28.2 Å². The molecule has 1 N–H and O–H groups in total. The highest BCUT2D eigenvalue weighted by Gasteiger charge is 2.22. The Kier molecular flexibility index (Phi) is 4.08. The number of amidine groups is 1. The van der Waals surface area contributed by atoms with Gasteiger partial charge in [0.1, 0.15) is 17.5 Å². The molecule has 0 unspecified atom stereocenters. The van der Waals surface area contributed by atoms with Crippen molar-refractivity contribution in [3.05, 3.63) is 77.5 Å². The summed E-state index contributed by atoms with van der Waals surface area (Å²) in [6.07, 6.45) is 0. The van der Waals surface area contributed by atoms with Gasteiger partial charge in [-0.2, -0.15) is 0 Å². The summed E-state index contributed by atoms with van der Waals surface area (Å²) in [7, 11) is 0. The maximum atomic E-state index is 13.5. The molecule has 0 radical (unpaired) electrons. The molecule has 0 atom stereocenters. The number of aromatic nitrogens is 3. The Morgan fingerprint density at radius 2 is 1.59 bits per heavy atom. The second-order valence-electron chi connectivity index (χ2n) is 6.92. The fraction of sp³-hybridized carbons (Fsp3) is 0.136. The number of nitrogens with zero attached hydrogens (tertiary/aromatic N) is 4. The maximum Gasteiger partial charge on any atom is 0.182 e. The van der Waals surface area contributed by atoms with E-state index in [0.717, 1.165) is 40.3 Å². The van der Waals surface area contributed by atoms with Gasteiger partial charge in [-0.25, -0.2) is 18.3 Å². The van der Waals surface area contributed by atoms with E-state index in [4.69, 9.17) is 4.98 Å². The van der Waals surface area contributed by atoms with Crippen molar-refractivity contribution >= 4 is 11.5 Å². The Morgan fingerprint density at radius 3 is 2.21 bits per heavy atom. The van der Waals surface area contributed by atoms with Gasteiger partial charge in [0.15, 0.2) is 11.5 Å². The van der Waals surface area contributed by atoms with Crippen LogP contribution < -0.4 is 5.32 Å². The Labute approximate surface area is 165 Å². The van der Waals surface area contributed by atoms with Crippen LogP contribution in [0.2, 0.25) is 0 Å². The molecule has 5 rings (SSSR count). The van der Waals surface area contributed by atoms with Crippen LogP contribution >= 0.6 is 0 Å². The molecular formula is C22H17F2N5. The van der Waals surface area contributed by atoms with Crippen molar-refractivity contribution in [2.75, 3.05) is 13.1 Å². The van der Waals surface area contributed by atoms with Crippen molar-refractivity contribution in [3.63, 3.8) is 0 Å². The van der Waals surface area contributed by atoms with E-state index in [-0.39, 0.29) is 11.6 Å². The molecule has 1 aliphatic rings. The third-order valence-corrected chi connectivity index (χ3v) is 4.96. The number of hydrogen-bond acceptors (Lipinski definition) is 4. The lowest BCUT2D eigenvalue weighted by Crippen LogP contribution is -2.21. The van der Waals surface area contributed by atoms with Crippen molar-refractivity contribution < 1.29 is 8.78 Å². The van der Waals surface area contributed by atoms with E-state index < -0.39 is 0 Å². The van der Waals surface area contributed by atoms with Gasteiger partial charge >= 0.3 is 0 Å². The maximum absolute atomic E-state index is 13.5. The minimum Gasteiger partial charge on any atom is -0.368 e. The first-order valence-corrected chi connectivity index (χ1v) is 9.31. The molecule has 0 spiro atoms. The first-order chi connectivity index (χ1) is 14.1. The first-order valence-electron chi connectivity index (χ1n) is 9.31. The summed E-state index contributed by atoms with van der Waals surface area (Å²) >= 11 is 0. The van der Waals surface area contributed by atoms with Gasteiger partial charge in [0.05, 0.1) is 12.1 Å². The number of fused-ring (bicyclic) bond motifs is 1. The Bertz CT molecular complexity index is 1240. The predicted molar refractivity (Wildman–Crippen MR) is 108 cm³/mol. The molecular weight excluding hydrogens is 372 g/mol. The molecule has 2 aromatic heterocycles. The quantitative estimate of drug-likeness (QED) is 0.576. The third-order valence-electron chi connectivity index (χ3n) is 4.96. The van der Waals surface area contributed by atoms with Crippen molar-refractivity contribution in [3.8, 4) is 22.5 Å². The van der Waals surface area contributed by atoms with Crippen LogP contribution in [0.4, 0.5) is 8.78 Å². The number of rotatable bonds is 3. The number of aliphatic imine (C=N–C) groups is 1. The van der Waals surface area contributed by atoms with Crippen molar-refractivity contribution in [1.82, 2.24) is 19.9 Å². The zero-order valence-corrected chi connectivity index (χ0v) is 15.7. The molecule has 4 aromatic rings. The summed E-state index contributed by atoms with van der Waals surface area (Å²) in [5, 5.41) is 7.94. The summed E-state index contributed by atoms with van der Waals surface area (Å²) in [6, 6.07) is 14.5. The number of pyridine rings is 1. The van der Waals surface area contributed by atoms with Gasteiger partial charge in [-0.3, -0.25) is 4.99 Å². The van der Waals surface area contributed by atoms with E-state index in [2.05, 4.69) is 15.4 Å². The summed E-state index contributed by atoms with van der Waals surface area (Å²) in [5.41, 5.74) is 4.85. The molecule has 5 nitrogen and oxygen atoms in total. The van der Waals surface area contributed by atoms with E-state index in [1.54, 1.807) is 28.8 Å². The smallest absolute Gasteiger partial charge is 0.182 e. The van der Waals surface area contributed by atoms with Gasteiger partial charge < -0.3 is 5.32 Å². The van der Waals surface area contributed by atoms with E-state index in [0.29, 0.717) is 18.0 Å². The number of aryl methyl sites for hydroxylation is 1. The minimum absolute atomic E-state index is 0.287. The molecule has 0 saturated carbocycles. The van der Waals surface area contributed by atoms with Crippen LogP contribution in [0.3, 0.4) is 0 Å². The number of halogens is 2. The molecule has 0 amide bonds. The molecule has 1 aliphatic heterocycles. The van der Waals surface area contributed by atoms with Crippen molar-refractivity contribution in [1.29, 1.82) is 0 Å². The van der Waals surface area contributed by atoms with Gasteiger partial charge in [0.2, 0.25) is 0 Å². The van der Waals surface area contributed by atoms with Crippen molar-refractivity contribution in [2.24, 2.45) is 4.99 Å². The van der Waals surface area contributed by atoms with Crippen LogP contribution in [-0.4, -0.2) is 33.5 Å². The lowest BCUT2D eigenvalue weighted by Gasteiger charge is -2.13. The molecule has 7 heteroatoms. The van der Waals surface area contributed by atoms with Crippen LogP contribution in [0.5, 0.6) is 0 Å². The largest absolute Gasteiger partial charge is 0.368 e. The molecule has 0 saturated heterocycles.